The van der Waals surface area contributed by atoms with Gasteiger partial charge in [0.25, 0.3) is 0 Å². The quantitative estimate of drug-likeness (QED) is 0.810. The van der Waals surface area contributed by atoms with Crippen LogP contribution in [-0.4, -0.2) is 40.3 Å². The van der Waals surface area contributed by atoms with E-state index in [0.29, 0.717) is 18.6 Å². The number of nitrogens with zero attached hydrogens (tertiary/aromatic N) is 2. The molecule has 5 heteroatoms. The van der Waals surface area contributed by atoms with Gasteiger partial charge in [0.1, 0.15) is 23.5 Å². The minimum absolute atomic E-state index is 0.267. The Morgan fingerprint density at radius 2 is 2.10 bits per heavy atom. The zero-order chi connectivity index (χ0) is 20.3. The Bertz CT molecular complexity index is 1000. The molecule has 0 amide bonds. The van der Waals surface area contributed by atoms with E-state index >= 15 is 0 Å². The van der Waals surface area contributed by atoms with Gasteiger partial charge in [-0.05, 0) is 57.1 Å². The summed E-state index contributed by atoms with van der Waals surface area (Å²) in [5.41, 5.74) is 2.63. The Morgan fingerprint density at radius 1 is 1.28 bits per heavy atom. The van der Waals surface area contributed by atoms with Gasteiger partial charge in [-0.1, -0.05) is 36.9 Å². The molecule has 5 nitrogen and oxygen atoms in total. The summed E-state index contributed by atoms with van der Waals surface area (Å²) in [5.74, 6) is 0.685. The van der Waals surface area contributed by atoms with Crippen molar-refractivity contribution in [1.29, 1.82) is 0 Å². The highest BCUT2D eigenvalue weighted by Crippen LogP contribution is 2.30. The van der Waals surface area contributed by atoms with Crippen molar-refractivity contribution in [2.45, 2.75) is 25.4 Å². The molecule has 0 atom stereocenters. The topological polar surface area (TPSA) is 57.6 Å². The summed E-state index contributed by atoms with van der Waals surface area (Å²) in [6.07, 6.45) is 11.4. The van der Waals surface area contributed by atoms with Crippen molar-refractivity contribution < 1.29 is 9.84 Å². The molecule has 0 saturated carbocycles. The Labute approximate surface area is 171 Å². The zero-order valence-electron chi connectivity index (χ0n) is 16.8. The van der Waals surface area contributed by atoms with Crippen LogP contribution >= 0.6 is 0 Å². The van der Waals surface area contributed by atoms with Crippen LogP contribution in [0.5, 0.6) is 5.75 Å². The highest BCUT2D eigenvalue weighted by atomic mass is 16.5. The third kappa shape index (κ3) is 4.11. The lowest BCUT2D eigenvalue weighted by atomic mass is 9.93. The molecule has 150 valence electrons. The standard InChI is InChI=1S/C24H27N3O2/c1-3-20-8-4-5-16-27(20)18(2)21-11-10-19-7-6-9-22(23(19)26-21)29-17-24(28)12-14-25-15-13-24/h3-11,16,25,28H,2,12-15,17H2,1H3/b20-3-. The Morgan fingerprint density at radius 3 is 2.90 bits per heavy atom. The molecular formula is C24H27N3O2. The molecule has 2 aromatic rings. The van der Waals surface area contributed by atoms with Gasteiger partial charge in [-0.3, -0.25) is 0 Å². The Balaban J connectivity index is 1.61. The molecule has 1 fully saturated rings. The largest absolute Gasteiger partial charge is 0.488 e. The Kier molecular flexibility index (Phi) is 5.51. The molecule has 1 aromatic carbocycles. The van der Waals surface area contributed by atoms with Crippen LogP contribution in [0, 0.1) is 0 Å². The SMILES string of the molecule is C=C(c1ccc2cccc(OCC3(O)CCNCC3)c2n1)N1C=CC=C/C1=C/C. The lowest BCUT2D eigenvalue weighted by Crippen LogP contribution is -2.46. The van der Waals surface area contributed by atoms with Crippen LogP contribution in [0.3, 0.4) is 0 Å². The van der Waals surface area contributed by atoms with Gasteiger partial charge in [0.2, 0.25) is 0 Å². The predicted octanol–water partition coefficient (Wildman–Crippen LogP) is 3.99. The number of pyridine rings is 1. The van der Waals surface area contributed by atoms with Gasteiger partial charge < -0.3 is 20.1 Å². The number of aromatic nitrogens is 1. The zero-order valence-corrected chi connectivity index (χ0v) is 16.8. The number of hydrogen-bond acceptors (Lipinski definition) is 5. The molecule has 4 rings (SSSR count). The molecule has 0 unspecified atom stereocenters. The molecule has 2 aliphatic rings. The summed E-state index contributed by atoms with van der Waals surface area (Å²) in [7, 11) is 0. The van der Waals surface area contributed by atoms with Crippen molar-refractivity contribution in [3.63, 3.8) is 0 Å². The first kappa shape index (κ1) is 19.4. The molecule has 1 aromatic heterocycles. The van der Waals surface area contributed by atoms with E-state index in [1.54, 1.807) is 0 Å². The first-order chi connectivity index (χ1) is 14.1. The average Bonchev–Trinajstić information content (AvgIpc) is 2.77. The summed E-state index contributed by atoms with van der Waals surface area (Å²) in [4.78, 5) is 6.88. The number of hydrogen-bond donors (Lipinski definition) is 2. The number of aliphatic hydroxyl groups is 1. The molecule has 29 heavy (non-hydrogen) atoms. The van der Waals surface area contributed by atoms with E-state index < -0.39 is 5.60 Å². The highest BCUT2D eigenvalue weighted by molar-refractivity contribution is 5.86. The van der Waals surface area contributed by atoms with Gasteiger partial charge in [0.05, 0.1) is 11.4 Å². The number of benzene rings is 1. The van der Waals surface area contributed by atoms with Gasteiger partial charge in [0, 0.05) is 17.3 Å². The van der Waals surface area contributed by atoms with Crippen LogP contribution in [0.4, 0.5) is 0 Å². The van der Waals surface area contributed by atoms with Crippen LogP contribution in [0.25, 0.3) is 16.6 Å². The van der Waals surface area contributed by atoms with E-state index in [4.69, 9.17) is 9.72 Å². The van der Waals surface area contributed by atoms with Crippen LogP contribution < -0.4 is 10.1 Å². The van der Waals surface area contributed by atoms with E-state index in [2.05, 4.69) is 11.9 Å². The van der Waals surface area contributed by atoms with Gasteiger partial charge in [-0.2, -0.15) is 0 Å². The minimum Gasteiger partial charge on any atom is -0.488 e. The number of allylic oxidation sites excluding steroid dienone is 4. The number of piperidine rings is 1. The van der Waals surface area contributed by atoms with E-state index in [9.17, 15) is 5.11 Å². The van der Waals surface area contributed by atoms with Crippen LogP contribution in [0.15, 0.2) is 73.1 Å². The predicted molar refractivity (Wildman–Crippen MR) is 117 cm³/mol. The summed E-state index contributed by atoms with van der Waals surface area (Å²) in [5, 5.41) is 15.0. The average molecular weight is 389 g/mol. The van der Waals surface area contributed by atoms with Crippen molar-refractivity contribution >= 4 is 16.6 Å². The number of rotatable bonds is 5. The molecule has 0 bridgehead atoms. The molecule has 1 saturated heterocycles. The number of ether oxygens (including phenoxy) is 1. The molecule has 2 aliphatic heterocycles. The van der Waals surface area contributed by atoms with Gasteiger partial charge in [-0.25, -0.2) is 4.98 Å². The second kappa shape index (κ2) is 8.23. The summed E-state index contributed by atoms with van der Waals surface area (Å²) < 4.78 is 6.06. The number of fused-ring (bicyclic) bond motifs is 1. The first-order valence-corrected chi connectivity index (χ1v) is 10.0. The molecule has 3 heterocycles. The van der Waals surface area contributed by atoms with Crippen molar-refractivity contribution in [1.82, 2.24) is 15.2 Å². The fourth-order valence-electron chi connectivity index (χ4n) is 3.71. The molecular weight excluding hydrogens is 362 g/mol. The van der Waals surface area contributed by atoms with Crippen molar-refractivity contribution in [2.75, 3.05) is 19.7 Å². The fraction of sp³-hybridized carbons (Fsp3) is 0.292. The second-order valence-electron chi connectivity index (χ2n) is 7.52. The summed E-state index contributed by atoms with van der Waals surface area (Å²) >= 11 is 0. The lowest BCUT2D eigenvalue weighted by molar-refractivity contribution is -0.0282. The van der Waals surface area contributed by atoms with Gasteiger partial charge in [-0.15, -0.1) is 0 Å². The molecule has 0 spiro atoms. The maximum atomic E-state index is 10.7. The van der Waals surface area contributed by atoms with E-state index in [1.807, 2.05) is 72.7 Å². The van der Waals surface area contributed by atoms with Crippen molar-refractivity contribution in [3.05, 3.63) is 78.8 Å². The smallest absolute Gasteiger partial charge is 0.145 e. The minimum atomic E-state index is -0.791. The third-order valence-corrected chi connectivity index (χ3v) is 5.49. The molecule has 0 radical (unpaired) electrons. The number of nitrogens with one attached hydrogen (secondary N) is 1. The van der Waals surface area contributed by atoms with Crippen molar-refractivity contribution in [2.24, 2.45) is 0 Å². The summed E-state index contributed by atoms with van der Waals surface area (Å²) in [6.45, 7) is 8.15. The normalized spacial score (nSPS) is 19.7. The maximum absolute atomic E-state index is 10.7. The van der Waals surface area contributed by atoms with Crippen molar-refractivity contribution in [3.8, 4) is 5.75 Å². The molecule has 2 N–H and O–H groups in total. The lowest BCUT2D eigenvalue weighted by Gasteiger charge is -2.32. The van der Waals surface area contributed by atoms with E-state index in [-0.39, 0.29) is 6.61 Å². The van der Waals surface area contributed by atoms with Crippen LogP contribution in [-0.2, 0) is 0 Å². The second-order valence-corrected chi connectivity index (χ2v) is 7.52. The monoisotopic (exact) mass is 389 g/mol. The van der Waals surface area contributed by atoms with Gasteiger partial charge >= 0.3 is 0 Å². The maximum Gasteiger partial charge on any atom is 0.145 e. The van der Waals surface area contributed by atoms with Gasteiger partial charge in [0.15, 0.2) is 0 Å². The van der Waals surface area contributed by atoms with E-state index in [0.717, 1.165) is 41.1 Å². The first-order valence-electron chi connectivity index (χ1n) is 10.0. The fourth-order valence-corrected chi connectivity index (χ4v) is 3.71. The summed E-state index contributed by atoms with van der Waals surface area (Å²) in [6, 6.07) is 9.90. The third-order valence-electron chi connectivity index (χ3n) is 5.49. The van der Waals surface area contributed by atoms with Crippen LogP contribution in [0.2, 0.25) is 0 Å². The van der Waals surface area contributed by atoms with Crippen LogP contribution in [0.1, 0.15) is 25.5 Å². The highest BCUT2D eigenvalue weighted by Gasteiger charge is 2.30. The number of para-hydroxylation sites is 1. The van der Waals surface area contributed by atoms with E-state index in [1.165, 1.54) is 0 Å². The Hall–Kier alpha value is -2.89. The molecule has 0 aliphatic carbocycles.